The Labute approximate surface area is 123 Å². The van der Waals surface area contributed by atoms with Crippen molar-refractivity contribution in [2.24, 2.45) is 5.73 Å². The van der Waals surface area contributed by atoms with E-state index in [1.807, 2.05) is 44.2 Å². The minimum Gasteiger partial charge on any atom is -0.456 e. The summed E-state index contributed by atoms with van der Waals surface area (Å²) in [5.74, 6) is 1.36. The topological polar surface area (TPSA) is 35.2 Å². The molecule has 98 valence electrons. The second-order valence-corrected chi connectivity index (χ2v) is 5.25. The summed E-state index contributed by atoms with van der Waals surface area (Å²) in [6, 6.07) is 11.2. The second kappa shape index (κ2) is 5.59. The Morgan fingerprint density at radius 2 is 1.84 bits per heavy atom. The van der Waals surface area contributed by atoms with Gasteiger partial charge in [-0.15, -0.1) is 0 Å². The Kier molecular flexibility index (Phi) is 4.08. The van der Waals surface area contributed by atoms with E-state index in [0.717, 1.165) is 16.7 Å². The molecule has 0 heterocycles. The van der Waals surface area contributed by atoms with Gasteiger partial charge < -0.3 is 10.5 Å². The van der Waals surface area contributed by atoms with Crippen LogP contribution in [-0.4, -0.2) is 4.99 Å². The summed E-state index contributed by atoms with van der Waals surface area (Å²) in [7, 11) is 0. The first kappa shape index (κ1) is 13.8. The molecular formula is C15H14ClNOS. The first-order valence-electron chi connectivity index (χ1n) is 5.82. The zero-order chi connectivity index (χ0) is 14.0. The summed E-state index contributed by atoms with van der Waals surface area (Å²) >= 11 is 11.0. The van der Waals surface area contributed by atoms with Gasteiger partial charge in [-0.2, -0.15) is 0 Å². The number of rotatable bonds is 3. The van der Waals surface area contributed by atoms with Crippen LogP contribution in [0.4, 0.5) is 0 Å². The van der Waals surface area contributed by atoms with Gasteiger partial charge in [0, 0.05) is 5.02 Å². The summed E-state index contributed by atoms with van der Waals surface area (Å²) < 4.78 is 5.91. The molecule has 0 saturated heterocycles. The van der Waals surface area contributed by atoms with Crippen LogP contribution in [0, 0.1) is 13.8 Å². The average molecular weight is 292 g/mol. The van der Waals surface area contributed by atoms with Crippen LogP contribution in [0.5, 0.6) is 11.5 Å². The molecule has 0 unspecified atom stereocenters. The molecule has 0 aromatic heterocycles. The standard InChI is InChI=1S/C15H14ClNOS/c1-9-3-6-12(15(17)19)14(7-9)18-13-8-11(16)5-4-10(13)2/h3-8H,1-2H3,(H2,17,19). The number of aryl methyl sites for hydroxylation is 2. The first-order valence-corrected chi connectivity index (χ1v) is 6.60. The van der Waals surface area contributed by atoms with E-state index < -0.39 is 0 Å². The van der Waals surface area contributed by atoms with Gasteiger partial charge in [0.1, 0.15) is 16.5 Å². The summed E-state index contributed by atoms with van der Waals surface area (Å²) in [4.78, 5) is 0.315. The largest absolute Gasteiger partial charge is 0.456 e. The quantitative estimate of drug-likeness (QED) is 0.852. The van der Waals surface area contributed by atoms with E-state index in [1.54, 1.807) is 6.07 Å². The summed E-state index contributed by atoms with van der Waals surface area (Å²) in [6.07, 6.45) is 0. The SMILES string of the molecule is Cc1ccc(C(N)=S)c(Oc2cc(Cl)ccc2C)c1. The maximum atomic E-state index is 5.99. The monoisotopic (exact) mass is 291 g/mol. The highest BCUT2D eigenvalue weighted by Crippen LogP contribution is 2.30. The van der Waals surface area contributed by atoms with Crippen LogP contribution < -0.4 is 10.5 Å². The Bertz CT molecular complexity index is 640. The van der Waals surface area contributed by atoms with Crippen LogP contribution >= 0.6 is 23.8 Å². The molecule has 0 bridgehead atoms. The Hall–Kier alpha value is -1.58. The van der Waals surface area contributed by atoms with Gasteiger partial charge in [0.05, 0.1) is 5.56 Å². The van der Waals surface area contributed by atoms with Crippen LogP contribution in [0.15, 0.2) is 36.4 Å². The van der Waals surface area contributed by atoms with Crippen molar-refractivity contribution in [1.82, 2.24) is 0 Å². The predicted octanol–water partition coefficient (Wildman–Crippen LogP) is 4.38. The molecule has 0 aliphatic carbocycles. The van der Waals surface area contributed by atoms with Crippen molar-refractivity contribution in [3.63, 3.8) is 0 Å². The van der Waals surface area contributed by atoms with E-state index in [9.17, 15) is 0 Å². The first-order chi connectivity index (χ1) is 8.97. The molecule has 2 nitrogen and oxygen atoms in total. The third-order valence-electron chi connectivity index (χ3n) is 2.77. The highest BCUT2D eigenvalue weighted by molar-refractivity contribution is 7.80. The number of benzene rings is 2. The maximum absolute atomic E-state index is 5.99. The van der Waals surface area contributed by atoms with Gasteiger partial charge in [0.25, 0.3) is 0 Å². The Morgan fingerprint density at radius 3 is 2.53 bits per heavy atom. The van der Waals surface area contributed by atoms with Gasteiger partial charge in [-0.3, -0.25) is 0 Å². The smallest absolute Gasteiger partial charge is 0.137 e. The maximum Gasteiger partial charge on any atom is 0.137 e. The molecule has 4 heteroatoms. The van der Waals surface area contributed by atoms with Crippen LogP contribution in [0.2, 0.25) is 5.02 Å². The lowest BCUT2D eigenvalue weighted by molar-refractivity contribution is 0.477. The molecule has 0 atom stereocenters. The van der Waals surface area contributed by atoms with Crippen LogP contribution in [0.1, 0.15) is 16.7 Å². The van der Waals surface area contributed by atoms with E-state index in [0.29, 0.717) is 21.5 Å². The third kappa shape index (κ3) is 3.25. The molecule has 2 aromatic rings. The van der Waals surface area contributed by atoms with Crippen molar-refractivity contribution in [1.29, 1.82) is 0 Å². The van der Waals surface area contributed by atoms with E-state index in [1.165, 1.54) is 0 Å². The van der Waals surface area contributed by atoms with Crippen molar-refractivity contribution < 1.29 is 4.74 Å². The second-order valence-electron chi connectivity index (χ2n) is 4.38. The fourth-order valence-corrected chi connectivity index (χ4v) is 2.05. The van der Waals surface area contributed by atoms with E-state index in [4.69, 9.17) is 34.3 Å². The number of halogens is 1. The van der Waals surface area contributed by atoms with Crippen LogP contribution in [0.25, 0.3) is 0 Å². The fourth-order valence-electron chi connectivity index (χ4n) is 1.72. The molecular weight excluding hydrogens is 278 g/mol. The molecule has 0 radical (unpaired) electrons. The lowest BCUT2D eigenvalue weighted by atomic mass is 10.1. The average Bonchev–Trinajstić information content (AvgIpc) is 2.33. The van der Waals surface area contributed by atoms with Crippen molar-refractivity contribution in [3.05, 3.63) is 58.1 Å². The van der Waals surface area contributed by atoms with Gasteiger partial charge >= 0.3 is 0 Å². The van der Waals surface area contributed by atoms with Gasteiger partial charge in [0.15, 0.2) is 0 Å². The number of nitrogens with two attached hydrogens (primary N) is 1. The Balaban J connectivity index is 2.45. The molecule has 2 aromatic carbocycles. The van der Waals surface area contributed by atoms with Crippen molar-refractivity contribution in [2.75, 3.05) is 0 Å². The zero-order valence-corrected chi connectivity index (χ0v) is 12.3. The molecule has 2 N–H and O–H groups in total. The van der Waals surface area contributed by atoms with Gasteiger partial charge in [-0.25, -0.2) is 0 Å². The molecule has 0 amide bonds. The minimum absolute atomic E-state index is 0.315. The lowest BCUT2D eigenvalue weighted by Crippen LogP contribution is -2.11. The molecule has 0 aliphatic rings. The van der Waals surface area contributed by atoms with E-state index in [2.05, 4.69) is 0 Å². The predicted molar refractivity (Wildman–Crippen MR) is 83.3 cm³/mol. The van der Waals surface area contributed by atoms with Gasteiger partial charge in [-0.1, -0.05) is 36.0 Å². The van der Waals surface area contributed by atoms with Crippen molar-refractivity contribution >= 4 is 28.8 Å². The highest BCUT2D eigenvalue weighted by Gasteiger charge is 2.09. The van der Waals surface area contributed by atoms with E-state index in [-0.39, 0.29) is 0 Å². The van der Waals surface area contributed by atoms with Crippen molar-refractivity contribution in [2.45, 2.75) is 13.8 Å². The number of hydrogen-bond acceptors (Lipinski definition) is 2. The molecule has 0 saturated carbocycles. The summed E-state index contributed by atoms with van der Waals surface area (Å²) in [5, 5.41) is 0.630. The number of ether oxygens (including phenoxy) is 1. The van der Waals surface area contributed by atoms with E-state index >= 15 is 0 Å². The molecule has 2 rings (SSSR count). The lowest BCUT2D eigenvalue weighted by Gasteiger charge is -2.13. The van der Waals surface area contributed by atoms with Crippen LogP contribution in [0.3, 0.4) is 0 Å². The third-order valence-corrected chi connectivity index (χ3v) is 3.23. The molecule has 0 aliphatic heterocycles. The van der Waals surface area contributed by atoms with Crippen LogP contribution in [-0.2, 0) is 0 Å². The number of hydrogen-bond donors (Lipinski definition) is 1. The minimum atomic E-state index is 0.315. The molecule has 0 spiro atoms. The summed E-state index contributed by atoms with van der Waals surface area (Å²) in [6.45, 7) is 3.95. The van der Waals surface area contributed by atoms with Crippen molar-refractivity contribution in [3.8, 4) is 11.5 Å². The Morgan fingerprint density at radius 1 is 1.11 bits per heavy atom. The number of thiocarbonyl (C=S) groups is 1. The van der Waals surface area contributed by atoms with Gasteiger partial charge in [0.2, 0.25) is 0 Å². The zero-order valence-electron chi connectivity index (χ0n) is 10.7. The molecule has 0 fully saturated rings. The fraction of sp³-hybridized carbons (Fsp3) is 0.133. The molecule has 19 heavy (non-hydrogen) atoms. The normalized spacial score (nSPS) is 10.3. The summed E-state index contributed by atoms with van der Waals surface area (Å²) in [5.41, 5.74) is 8.51. The highest BCUT2D eigenvalue weighted by atomic mass is 35.5. The van der Waals surface area contributed by atoms with Gasteiger partial charge in [-0.05, 0) is 49.2 Å².